The summed E-state index contributed by atoms with van der Waals surface area (Å²) in [6.45, 7) is 6.83. The van der Waals surface area contributed by atoms with E-state index < -0.39 is 0 Å². The van der Waals surface area contributed by atoms with Gasteiger partial charge in [0.1, 0.15) is 0 Å². The van der Waals surface area contributed by atoms with Crippen molar-refractivity contribution in [3.63, 3.8) is 0 Å². The van der Waals surface area contributed by atoms with E-state index in [1.807, 2.05) is 0 Å². The van der Waals surface area contributed by atoms with Crippen LogP contribution in [0.15, 0.2) is 24.3 Å². The van der Waals surface area contributed by atoms with Crippen LogP contribution in [0.1, 0.15) is 36.8 Å². The van der Waals surface area contributed by atoms with Crippen LogP contribution in [0.25, 0.3) is 0 Å². The monoisotopic (exact) mass is 345 g/mol. The lowest BCUT2D eigenvalue weighted by molar-refractivity contribution is 0.174. The second-order valence-electron chi connectivity index (χ2n) is 7.93. The number of carbonyl (C=O) groups is 1. The summed E-state index contributed by atoms with van der Waals surface area (Å²) < 4.78 is 0. The van der Waals surface area contributed by atoms with Crippen LogP contribution in [-0.2, 0) is 6.54 Å². The molecular weight excluding hydrogens is 314 g/mol. The Hall–Kier alpha value is -1.59. The Morgan fingerprint density at radius 2 is 1.88 bits per heavy atom. The summed E-state index contributed by atoms with van der Waals surface area (Å²) in [7, 11) is 0. The number of rotatable bonds is 7. The van der Waals surface area contributed by atoms with Gasteiger partial charge in [0.05, 0.1) is 6.61 Å². The quantitative estimate of drug-likeness (QED) is 0.710. The number of aliphatic hydroxyl groups is 1. The Bertz CT molecular complexity index is 561. The topological polar surface area (TPSA) is 64.6 Å². The van der Waals surface area contributed by atoms with Crippen molar-refractivity contribution in [1.82, 2.24) is 15.5 Å². The zero-order chi connectivity index (χ0) is 17.7. The number of nitrogens with one attached hydrogen (secondary N) is 2. The molecule has 5 nitrogen and oxygen atoms in total. The predicted octanol–water partition coefficient (Wildman–Crippen LogP) is 2.28. The number of aryl methyl sites for hydroxylation is 1. The van der Waals surface area contributed by atoms with E-state index in [-0.39, 0.29) is 18.1 Å². The number of aliphatic hydroxyl groups excluding tert-OH is 1. The maximum Gasteiger partial charge on any atom is 0.314 e. The molecule has 0 unspecified atom stereocenters. The molecule has 0 spiro atoms. The van der Waals surface area contributed by atoms with Crippen molar-refractivity contribution in [2.24, 2.45) is 11.3 Å². The van der Waals surface area contributed by atoms with Crippen LogP contribution in [0.4, 0.5) is 4.79 Å². The summed E-state index contributed by atoms with van der Waals surface area (Å²) in [6, 6.07) is 8.68. The molecule has 25 heavy (non-hydrogen) atoms. The molecule has 5 heteroatoms. The Labute approximate surface area is 150 Å². The van der Waals surface area contributed by atoms with Crippen molar-refractivity contribution in [2.75, 3.05) is 32.8 Å². The molecule has 1 aromatic rings. The van der Waals surface area contributed by atoms with Gasteiger partial charge in [0, 0.05) is 25.0 Å². The van der Waals surface area contributed by atoms with Crippen molar-refractivity contribution in [2.45, 2.75) is 39.2 Å². The van der Waals surface area contributed by atoms with Crippen molar-refractivity contribution < 1.29 is 9.90 Å². The van der Waals surface area contributed by atoms with Gasteiger partial charge in [0.2, 0.25) is 0 Å². The van der Waals surface area contributed by atoms with Crippen LogP contribution in [-0.4, -0.2) is 48.8 Å². The van der Waals surface area contributed by atoms with Gasteiger partial charge in [-0.05, 0) is 57.2 Å². The zero-order valence-electron chi connectivity index (χ0n) is 15.3. The van der Waals surface area contributed by atoms with Gasteiger partial charge in [0.25, 0.3) is 0 Å². The van der Waals surface area contributed by atoms with Crippen molar-refractivity contribution in [3.8, 4) is 0 Å². The van der Waals surface area contributed by atoms with Gasteiger partial charge in [-0.15, -0.1) is 0 Å². The number of hydrogen-bond acceptors (Lipinski definition) is 3. The molecule has 1 aliphatic heterocycles. The van der Waals surface area contributed by atoms with E-state index in [2.05, 4.69) is 46.7 Å². The Morgan fingerprint density at radius 1 is 1.20 bits per heavy atom. The molecule has 2 amide bonds. The summed E-state index contributed by atoms with van der Waals surface area (Å²) in [6.07, 6.45) is 4.30. The van der Waals surface area contributed by atoms with E-state index >= 15 is 0 Å². The molecule has 1 heterocycles. The third-order valence-electron chi connectivity index (χ3n) is 5.70. The number of likely N-dealkylation sites (tertiary alicyclic amines) is 1. The summed E-state index contributed by atoms with van der Waals surface area (Å²) in [5.41, 5.74) is 2.65. The SMILES string of the molecule is Cc1ccc(CN2CCC(CNC(=O)NCC3(CO)CC3)CC2)cc1. The number of nitrogens with zero attached hydrogens (tertiary/aromatic N) is 1. The van der Waals surface area contributed by atoms with Gasteiger partial charge in [0.15, 0.2) is 0 Å². The highest BCUT2D eigenvalue weighted by atomic mass is 16.3. The van der Waals surface area contributed by atoms with Crippen LogP contribution in [0, 0.1) is 18.3 Å². The number of carbonyl (C=O) groups excluding carboxylic acids is 1. The fourth-order valence-corrected chi connectivity index (χ4v) is 3.44. The first-order valence-electron chi connectivity index (χ1n) is 9.49. The van der Waals surface area contributed by atoms with Gasteiger partial charge >= 0.3 is 6.03 Å². The molecule has 0 atom stereocenters. The second-order valence-corrected chi connectivity index (χ2v) is 7.93. The lowest BCUT2D eigenvalue weighted by atomic mass is 9.96. The Balaban J connectivity index is 1.31. The van der Waals surface area contributed by atoms with Gasteiger partial charge in [-0.2, -0.15) is 0 Å². The number of piperidine rings is 1. The van der Waals surface area contributed by atoms with Crippen molar-refractivity contribution in [1.29, 1.82) is 0 Å². The molecule has 1 aliphatic carbocycles. The van der Waals surface area contributed by atoms with Gasteiger partial charge < -0.3 is 15.7 Å². The van der Waals surface area contributed by atoms with Crippen LogP contribution in [0.5, 0.6) is 0 Å². The molecule has 138 valence electrons. The normalized spacial score (nSPS) is 20.2. The molecule has 0 bridgehead atoms. The fraction of sp³-hybridized carbons (Fsp3) is 0.650. The summed E-state index contributed by atoms with van der Waals surface area (Å²) in [5, 5.41) is 15.2. The van der Waals surface area contributed by atoms with Crippen LogP contribution in [0.2, 0.25) is 0 Å². The van der Waals surface area contributed by atoms with Gasteiger partial charge in [-0.3, -0.25) is 4.90 Å². The molecule has 3 N–H and O–H groups in total. The Kier molecular flexibility index (Phi) is 5.97. The van der Waals surface area contributed by atoms with E-state index in [4.69, 9.17) is 0 Å². The van der Waals surface area contributed by atoms with Crippen LogP contribution in [0.3, 0.4) is 0 Å². The lowest BCUT2D eigenvalue weighted by Crippen LogP contribution is -2.43. The first-order valence-corrected chi connectivity index (χ1v) is 9.49. The average molecular weight is 345 g/mol. The van der Waals surface area contributed by atoms with Gasteiger partial charge in [-0.1, -0.05) is 29.8 Å². The average Bonchev–Trinajstić information content (AvgIpc) is 3.42. The van der Waals surface area contributed by atoms with Crippen LogP contribution >= 0.6 is 0 Å². The fourth-order valence-electron chi connectivity index (χ4n) is 3.44. The molecular formula is C20H31N3O2. The predicted molar refractivity (Wildman–Crippen MR) is 99.3 cm³/mol. The van der Waals surface area contributed by atoms with Crippen molar-refractivity contribution >= 4 is 6.03 Å². The van der Waals surface area contributed by atoms with Gasteiger partial charge in [-0.25, -0.2) is 4.79 Å². The molecule has 2 aliphatic rings. The summed E-state index contributed by atoms with van der Waals surface area (Å²) in [4.78, 5) is 14.4. The zero-order valence-corrected chi connectivity index (χ0v) is 15.3. The largest absolute Gasteiger partial charge is 0.396 e. The highest BCUT2D eigenvalue weighted by Crippen LogP contribution is 2.44. The third-order valence-corrected chi connectivity index (χ3v) is 5.70. The molecule has 1 saturated carbocycles. The standard InChI is InChI=1S/C20H31N3O2/c1-16-2-4-18(5-3-16)13-23-10-6-17(7-11-23)12-21-19(25)22-14-20(15-24)8-9-20/h2-5,17,24H,6-15H2,1H3,(H2,21,22,25). The molecule has 1 saturated heterocycles. The molecule has 0 aromatic heterocycles. The molecule has 1 aromatic carbocycles. The minimum absolute atomic E-state index is 0.0291. The molecule has 0 radical (unpaired) electrons. The first-order chi connectivity index (χ1) is 12.1. The van der Waals surface area contributed by atoms with E-state index in [9.17, 15) is 9.90 Å². The van der Waals surface area contributed by atoms with Crippen LogP contribution < -0.4 is 10.6 Å². The maximum atomic E-state index is 11.9. The third kappa shape index (κ3) is 5.44. The smallest absolute Gasteiger partial charge is 0.314 e. The summed E-state index contributed by atoms with van der Waals surface area (Å²) >= 11 is 0. The minimum atomic E-state index is -0.0955. The van der Waals surface area contributed by atoms with E-state index in [0.29, 0.717) is 12.5 Å². The number of urea groups is 1. The number of benzene rings is 1. The highest BCUT2D eigenvalue weighted by molar-refractivity contribution is 5.73. The number of hydrogen-bond donors (Lipinski definition) is 3. The van der Waals surface area contributed by atoms with E-state index in [1.54, 1.807) is 0 Å². The number of amides is 2. The first kappa shape index (κ1) is 18.2. The second kappa shape index (κ2) is 8.19. The van der Waals surface area contributed by atoms with E-state index in [1.165, 1.54) is 11.1 Å². The highest BCUT2D eigenvalue weighted by Gasteiger charge is 2.42. The lowest BCUT2D eigenvalue weighted by Gasteiger charge is -2.32. The minimum Gasteiger partial charge on any atom is -0.396 e. The molecule has 3 rings (SSSR count). The Morgan fingerprint density at radius 3 is 2.48 bits per heavy atom. The molecule has 2 fully saturated rings. The maximum absolute atomic E-state index is 11.9. The van der Waals surface area contributed by atoms with E-state index in [0.717, 1.165) is 51.9 Å². The summed E-state index contributed by atoms with van der Waals surface area (Å²) in [5.74, 6) is 0.563. The van der Waals surface area contributed by atoms with Crippen molar-refractivity contribution in [3.05, 3.63) is 35.4 Å².